The molecule has 3 rings (SSSR count). The summed E-state index contributed by atoms with van der Waals surface area (Å²) in [7, 11) is 0. The van der Waals surface area contributed by atoms with Crippen LogP contribution in [0.3, 0.4) is 0 Å². The lowest BCUT2D eigenvalue weighted by molar-refractivity contribution is -0.384. The normalized spacial score (nSPS) is 10.3. The van der Waals surface area contributed by atoms with E-state index in [1.807, 2.05) is 0 Å². The molecule has 0 aliphatic carbocycles. The molecule has 1 N–H and O–H groups in total. The van der Waals surface area contributed by atoms with Crippen LogP contribution in [0.5, 0.6) is 0 Å². The second kappa shape index (κ2) is 6.76. The zero-order valence-corrected chi connectivity index (χ0v) is 12.9. The SMILES string of the molecule is O=C(Nc1nnc(-c2ccccc2[N+](=O)[O-])o1)c1ccc([N+](=O)[O-])cc1. The minimum atomic E-state index is -0.627. The molecule has 0 aliphatic heterocycles. The van der Waals surface area contributed by atoms with Crippen LogP contribution in [0.2, 0.25) is 0 Å². The van der Waals surface area contributed by atoms with E-state index >= 15 is 0 Å². The predicted octanol–water partition coefficient (Wildman–Crippen LogP) is 2.81. The van der Waals surface area contributed by atoms with Crippen LogP contribution < -0.4 is 5.32 Å². The minimum Gasteiger partial charge on any atom is -0.403 e. The quantitative estimate of drug-likeness (QED) is 0.541. The van der Waals surface area contributed by atoms with Crippen LogP contribution in [-0.2, 0) is 0 Å². The Morgan fingerprint density at radius 3 is 2.31 bits per heavy atom. The molecule has 11 nitrogen and oxygen atoms in total. The molecule has 0 unspecified atom stereocenters. The molecule has 0 fully saturated rings. The van der Waals surface area contributed by atoms with Crippen LogP contribution in [-0.4, -0.2) is 26.0 Å². The van der Waals surface area contributed by atoms with Crippen LogP contribution in [0.4, 0.5) is 17.4 Å². The van der Waals surface area contributed by atoms with E-state index in [9.17, 15) is 25.0 Å². The van der Waals surface area contributed by atoms with Gasteiger partial charge in [-0.1, -0.05) is 17.2 Å². The lowest BCUT2D eigenvalue weighted by Gasteiger charge is -2.00. The van der Waals surface area contributed by atoms with E-state index in [1.165, 1.54) is 42.5 Å². The monoisotopic (exact) mass is 355 g/mol. The molecule has 11 heteroatoms. The molecule has 1 aromatic heterocycles. The first-order valence-corrected chi connectivity index (χ1v) is 7.09. The number of benzene rings is 2. The smallest absolute Gasteiger partial charge is 0.322 e. The number of hydrogen-bond donors (Lipinski definition) is 1. The van der Waals surface area contributed by atoms with Crippen molar-refractivity contribution in [3.8, 4) is 11.5 Å². The maximum Gasteiger partial charge on any atom is 0.322 e. The number of amides is 1. The number of non-ortho nitro benzene ring substituents is 1. The van der Waals surface area contributed by atoms with Crippen LogP contribution in [0.1, 0.15) is 10.4 Å². The summed E-state index contributed by atoms with van der Waals surface area (Å²) in [4.78, 5) is 32.6. The average molecular weight is 355 g/mol. The molecule has 130 valence electrons. The Morgan fingerprint density at radius 1 is 0.962 bits per heavy atom. The van der Waals surface area contributed by atoms with Crippen molar-refractivity contribution < 1.29 is 19.1 Å². The Kier molecular flexibility index (Phi) is 4.34. The van der Waals surface area contributed by atoms with Crippen molar-refractivity contribution in [2.45, 2.75) is 0 Å². The molecule has 0 saturated carbocycles. The highest BCUT2D eigenvalue weighted by atomic mass is 16.6. The first-order valence-electron chi connectivity index (χ1n) is 7.09. The molecule has 0 saturated heterocycles. The maximum atomic E-state index is 12.1. The molecule has 0 radical (unpaired) electrons. The number of nitrogens with one attached hydrogen (secondary N) is 1. The number of anilines is 1. The maximum absolute atomic E-state index is 12.1. The first-order chi connectivity index (χ1) is 12.5. The van der Waals surface area contributed by atoms with Crippen molar-refractivity contribution in [2.75, 3.05) is 5.32 Å². The third-order valence-electron chi connectivity index (χ3n) is 3.32. The number of para-hydroxylation sites is 1. The molecule has 26 heavy (non-hydrogen) atoms. The molecular formula is C15H9N5O6. The molecule has 0 aliphatic rings. The van der Waals surface area contributed by atoms with Crippen molar-refractivity contribution in [3.05, 3.63) is 74.3 Å². The Balaban J connectivity index is 1.79. The van der Waals surface area contributed by atoms with Gasteiger partial charge in [0.25, 0.3) is 23.2 Å². The van der Waals surface area contributed by atoms with Crippen LogP contribution in [0.25, 0.3) is 11.5 Å². The summed E-state index contributed by atoms with van der Waals surface area (Å²) in [6.07, 6.45) is 0. The molecule has 2 aromatic carbocycles. The van der Waals surface area contributed by atoms with Crippen LogP contribution >= 0.6 is 0 Å². The van der Waals surface area contributed by atoms with Crippen LogP contribution in [0, 0.1) is 20.2 Å². The van der Waals surface area contributed by atoms with Crippen molar-refractivity contribution >= 4 is 23.3 Å². The fraction of sp³-hybridized carbons (Fsp3) is 0. The van der Waals surface area contributed by atoms with Gasteiger partial charge in [-0.05, 0) is 18.2 Å². The molecule has 3 aromatic rings. The standard InChI is InChI=1S/C15H9N5O6/c21-13(9-5-7-10(8-6-9)19(22)23)16-15-18-17-14(26-15)11-3-1-2-4-12(11)20(24)25/h1-8H,(H,16,18,21). The van der Waals surface area contributed by atoms with Gasteiger partial charge in [-0.25, -0.2) is 0 Å². The number of hydrogen-bond acceptors (Lipinski definition) is 8. The molecule has 0 atom stereocenters. The van der Waals surface area contributed by atoms with Gasteiger partial charge in [0, 0.05) is 23.8 Å². The topological polar surface area (TPSA) is 154 Å². The Hall–Kier alpha value is -4.15. The van der Waals surface area contributed by atoms with Crippen molar-refractivity contribution in [1.82, 2.24) is 10.2 Å². The predicted molar refractivity (Wildman–Crippen MR) is 87.4 cm³/mol. The summed E-state index contributed by atoms with van der Waals surface area (Å²) >= 11 is 0. The molecule has 1 amide bonds. The zero-order chi connectivity index (χ0) is 18.7. The summed E-state index contributed by atoms with van der Waals surface area (Å²) in [5.74, 6) is -0.756. The van der Waals surface area contributed by atoms with E-state index < -0.39 is 15.8 Å². The van der Waals surface area contributed by atoms with Gasteiger partial charge in [0.2, 0.25) is 0 Å². The fourth-order valence-corrected chi connectivity index (χ4v) is 2.10. The van der Waals surface area contributed by atoms with Gasteiger partial charge in [-0.3, -0.25) is 30.3 Å². The summed E-state index contributed by atoms with van der Waals surface area (Å²) in [6, 6.07) is 10.4. The summed E-state index contributed by atoms with van der Waals surface area (Å²) in [6.45, 7) is 0. The lowest BCUT2D eigenvalue weighted by Crippen LogP contribution is -2.12. The first kappa shape index (κ1) is 16.7. The number of carbonyl (C=O) groups excluding carboxylic acids is 1. The number of nitro groups is 2. The van der Waals surface area contributed by atoms with E-state index in [1.54, 1.807) is 6.07 Å². The van der Waals surface area contributed by atoms with E-state index in [2.05, 4.69) is 15.5 Å². The number of nitrogens with zero attached hydrogens (tertiary/aromatic N) is 4. The van der Waals surface area contributed by atoms with Gasteiger partial charge < -0.3 is 4.42 Å². The second-order valence-electron chi connectivity index (χ2n) is 4.94. The summed E-state index contributed by atoms with van der Waals surface area (Å²) in [5, 5.41) is 31.3. The Bertz CT molecular complexity index is 998. The molecular weight excluding hydrogens is 346 g/mol. The van der Waals surface area contributed by atoms with Gasteiger partial charge in [0.05, 0.1) is 9.85 Å². The van der Waals surface area contributed by atoms with E-state index in [-0.39, 0.29) is 34.4 Å². The molecule has 1 heterocycles. The fourth-order valence-electron chi connectivity index (χ4n) is 2.10. The van der Waals surface area contributed by atoms with E-state index in [0.29, 0.717) is 0 Å². The third-order valence-corrected chi connectivity index (χ3v) is 3.32. The number of carbonyl (C=O) groups is 1. The Labute approximate surface area is 144 Å². The largest absolute Gasteiger partial charge is 0.403 e. The highest BCUT2D eigenvalue weighted by Crippen LogP contribution is 2.29. The molecule has 0 bridgehead atoms. The second-order valence-corrected chi connectivity index (χ2v) is 4.94. The van der Waals surface area contributed by atoms with Gasteiger partial charge in [0.1, 0.15) is 5.56 Å². The van der Waals surface area contributed by atoms with Crippen LogP contribution in [0.15, 0.2) is 52.9 Å². The van der Waals surface area contributed by atoms with Crippen molar-refractivity contribution in [2.24, 2.45) is 0 Å². The van der Waals surface area contributed by atoms with Gasteiger partial charge in [-0.15, -0.1) is 5.10 Å². The third kappa shape index (κ3) is 3.36. The average Bonchev–Trinajstić information content (AvgIpc) is 3.10. The number of rotatable bonds is 5. The van der Waals surface area contributed by atoms with E-state index in [0.717, 1.165) is 0 Å². The van der Waals surface area contributed by atoms with Gasteiger partial charge >= 0.3 is 6.01 Å². The van der Waals surface area contributed by atoms with E-state index in [4.69, 9.17) is 4.42 Å². The highest BCUT2D eigenvalue weighted by Gasteiger charge is 2.20. The number of nitro benzene ring substituents is 2. The van der Waals surface area contributed by atoms with Gasteiger partial charge in [0.15, 0.2) is 0 Å². The van der Waals surface area contributed by atoms with Crippen molar-refractivity contribution in [3.63, 3.8) is 0 Å². The molecule has 0 spiro atoms. The van der Waals surface area contributed by atoms with Crippen molar-refractivity contribution in [1.29, 1.82) is 0 Å². The Morgan fingerprint density at radius 2 is 1.65 bits per heavy atom. The zero-order valence-electron chi connectivity index (χ0n) is 12.9. The minimum absolute atomic E-state index is 0.112. The lowest BCUT2D eigenvalue weighted by atomic mass is 10.2. The number of aromatic nitrogens is 2. The highest BCUT2D eigenvalue weighted by molar-refractivity contribution is 6.03. The summed E-state index contributed by atoms with van der Waals surface area (Å²) in [5.41, 5.74) is -0.121. The summed E-state index contributed by atoms with van der Waals surface area (Å²) < 4.78 is 5.25. The van der Waals surface area contributed by atoms with Gasteiger partial charge in [-0.2, -0.15) is 0 Å².